The number of hydrogen-bond acceptors (Lipinski definition) is 2. The minimum absolute atomic E-state index is 0.0374. The quantitative estimate of drug-likeness (QED) is 0.752. The summed E-state index contributed by atoms with van der Waals surface area (Å²) in [6.07, 6.45) is 11.1. The molecule has 0 saturated heterocycles. The van der Waals surface area contributed by atoms with Gasteiger partial charge in [0, 0.05) is 0 Å². The highest BCUT2D eigenvalue weighted by Crippen LogP contribution is 2.67. The van der Waals surface area contributed by atoms with Crippen molar-refractivity contribution in [3.63, 3.8) is 0 Å². The van der Waals surface area contributed by atoms with Gasteiger partial charge in [-0.15, -0.1) is 0 Å². The van der Waals surface area contributed by atoms with Crippen LogP contribution in [0.2, 0.25) is 0 Å². The van der Waals surface area contributed by atoms with Gasteiger partial charge in [-0.25, -0.2) is 0 Å². The molecule has 132 valence electrons. The highest BCUT2D eigenvalue weighted by Gasteiger charge is 2.60. The van der Waals surface area contributed by atoms with Crippen LogP contribution in [-0.4, -0.2) is 22.4 Å². The second-order valence-electron chi connectivity index (χ2n) is 10.1. The van der Waals surface area contributed by atoms with Crippen LogP contribution in [0.1, 0.15) is 78.6 Å². The van der Waals surface area contributed by atoms with E-state index in [1.165, 1.54) is 44.9 Å². The summed E-state index contributed by atoms with van der Waals surface area (Å²) in [6.45, 7) is 7.08. The molecule has 2 nitrogen and oxygen atoms in total. The predicted octanol–water partition coefficient (Wildman–Crippen LogP) is 4.39. The zero-order chi connectivity index (χ0) is 16.4. The van der Waals surface area contributed by atoms with Gasteiger partial charge >= 0.3 is 0 Å². The van der Waals surface area contributed by atoms with Crippen LogP contribution < -0.4 is 0 Å². The molecule has 2 N–H and O–H groups in total. The Balaban J connectivity index is 1.60. The van der Waals surface area contributed by atoms with E-state index in [4.69, 9.17) is 0 Å². The standard InChI is InChI=1S/C21H36O2/c1-13(22)17-6-7-18-16-5-4-14-12-15(23)8-10-20(14,2)19(16)9-11-21(17,18)3/h13-19,22-23H,4-12H2,1-3H3/t13-,14-,15?,16?,17?,18?,19?,20?,21?/m0/s1. The Hall–Kier alpha value is -0.0800. The van der Waals surface area contributed by atoms with Crippen LogP contribution in [0.3, 0.4) is 0 Å². The topological polar surface area (TPSA) is 40.5 Å². The lowest BCUT2D eigenvalue weighted by molar-refractivity contribution is -0.132. The molecule has 4 saturated carbocycles. The lowest BCUT2D eigenvalue weighted by Crippen LogP contribution is -2.54. The number of hydrogen-bond donors (Lipinski definition) is 2. The van der Waals surface area contributed by atoms with Crippen molar-refractivity contribution in [2.75, 3.05) is 0 Å². The highest BCUT2D eigenvalue weighted by molar-refractivity contribution is 5.09. The third kappa shape index (κ3) is 2.27. The molecule has 4 aliphatic carbocycles. The molecule has 4 aliphatic rings. The number of aliphatic hydroxyl groups is 2. The van der Waals surface area contributed by atoms with Gasteiger partial charge < -0.3 is 10.2 Å². The second-order valence-corrected chi connectivity index (χ2v) is 10.1. The van der Waals surface area contributed by atoms with Crippen molar-refractivity contribution < 1.29 is 10.2 Å². The molecule has 9 atom stereocenters. The molecule has 4 fully saturated rings. The molecule has 0 bridgehead atoms. The molecule has 7 unspecified atom stereocenters. The molecule has 0 aliphatic heterocycles. The van der Waals surface area contributed by atoms with Gasteiger partial charge in [0.2, 0.25) is 0 Å². The fourth-order valence-corrected chi connectivity index (χ4v) is 8.07. The van der Waals surface area contributed by atoms with Gasteiger partial charge in [-0.1, -0.05) is 13.8 Å². The summed E-state index contributed by atoms with van der Waals surface area (Å²) in [6, 6.07) is 0. The summed E-state index contributed by atoms with van der Waals surface area (Å²) in [4.78, 5) is 0. The van der Waals surface area contributed by atoms with Crippen molar-refractivity contribution in [1.29, 1.82) is 0 Å². The summed E-state index contributed by atoms with van der Waals surface area (Å²) < 4.78 is 0. The Labute approximate surface area is 142 Å². The first-order chi connectivity index (χ1) is 10.9. The molecule has 0 aromatic rings. The largest absolute Gasteiger partial charge is 0.393 e. The molecule has 4 rings (SSSR count). The molecule has 0 aromatic heterocycles. The van der Waals surface area contributed by atoms with Crippen LogP contribution >= 0.6 is 0 Å². The zero-order valence-corrected chi connectivity index (χ0v) is 15.3. The van der Waals surface area contributed by atoms with Crippen LogP contribution in [0.5, 0.6) is 0 Å². The smallest absolute Gasteiger partial charge is 0.0545 e. The molecule has 0 spiro atoms. The monoisotopic (exact) mass is 320 g/mol. The van der Waals surface area contributed by atoms with E-state index in [2.05, 4.69) is 13.8 Å². The maximum atomic E-state index is 10.3. The summed E-state index contributed by atoms with van der Waals surface area (Å²) in [5.41, 5.74) is 0.860. The van der Waals surface area contributed by atoms with Gasteiger partial charge in [-0.3, -0.25) is 0 Å². The Morgan fingerprint density at radius 1 is 0.870 bits per heavy atom. The third-order valence-electron chi connectivity index (χ3n) is 9.29. The molecule has 0 amide bonds. The first-order valence-electron chi connectivity index (χ1n) is 10.2. The van der Waals surface area contributed by atoms with Crippen LogP contribution in [0.15, 0.2) is 0 Å². The average Bonchev–Trinajstić information content (AvgIpc) is 2.85. The normalized spacial score (nSPS) is 57.3. The minimum atomic E-state index is -0.140. The van der Waals surface area contributed by atoms with Gasteiger partial charge in [0.15, 0.2) is 0 Å². The fraction of sp³-hybridized carbons (Fsp3) is 1.00. The highest BCUT2D eigenvalue weighted by atomic mass is 16.3. The fourth-order valence-electron chi connectivity index (χ4n) is 8.07. The van der Waals surface area contributed by atoms with Crippen LogP contribution in [-0.2, 0) is 0 Å². The van der Waals surface area contributed by atoms with E-state index < -0.39 is 0 Å². The summed E-state index contributed by atoms with van der Waals surface area (Å²) in [5, 5.41) is 20.4. The molecular weight excluding hydrogens is 284 g/mol. The maximum Gasteiger partial charge on any atom is 0.0545 e. The average molecular weight is 321 g/mol. The lowest BCUT2D eigenvalue weighted by atomic mass is 9.44. The SMILES string of the molecule is C[C@H](O)C1CCC2C3CC[C@H]4CC(O)CCC4(C)C3CCC21C. The number of aliphatic hydroxyl groups excluding tert-OH is 2. The van der Waals surface area contributed by atoms with E-state index in [-0.39, 0.29) is 12.2 Å². The first kappa shape index (κ1) is 16.4. The van der Waals surface area contributed by atoms with E-state index in [1.807, 2.05) is 6.92 Å². The minimum Gasteiger partial charge on any atom is -0.393 e. The summed E-state index contributed by atoms with van der Waals surface area (Å²) in [7, 11) is 0. The molecule has 0 radical (unpaired) electrons. The van der Waals surface area contributed by atoms with Crippen molar-refractivity contribution in [1.82, 2.24) is 0 Å². The van der Waals surface area contributed by atoms with Gasteiger partial charge in [0.25, 0.3) is 0 Å². The van der Waals surface area contributed by atoms with Gasteiger partial charge in [0.1, 0.15) is 0 Å². The Morgan fingerprint density at radius 2 is 1.57 bits per heavy atom. The van der Waals surface area contributed by atoms with Crippen molar-refractivity contribution >= 4 is 0 Å². The van der Waals surface area contributed by atoms with Gasteiger partial charge in [-0.05, 0) is 105 Å². The number of rotatable bonds is 1. The third-order valence-corrected chi connectivity index (χ3v) is 9.29. The van der Waals surface area contributed by atoms with Crippen LogP contribution in [0.4, 0.5) is 0 Å². The molecule has 0 aromatic carbocycles. The van der Waals surface area contributed by atoms with E-state index in [9.17, 15) is 10.2 Å². The van der Waals surface area contributed by atoms with Gasteiger partial charge in [0.05, 0.1) is 12.2 Å². The maximum absolute atomic E-state index is 10.3. The van der Waals surface area contributed by atoms with Crippen molar-refractivity contribution in [3.8, 4) is 0 Å². The Kier molecular flexibility index (Phi) is 3.89. The lowest BCUT2D eigenvalue weighted by Gasteiger charge is -2.61. The van der Waals surface area contributed by atoms with Crippen molar-refractivity contribution in [3.05, 3.63) is 0 Å². The summed E-state index contributed by atoms with van der Waals surface area (Å²) >= 11 is 0. The number of fused-ring (bicyclic) bond motifs is 5. The van der Waals surface area contributed by atoms with E-state index in [0.717, 1.165) is 36.5 Å². The second kappa shape index (κ2) is 5.46. The van der Waals surface area contributed by atoms with Crippen LogP contribution in [0, 0.1) is 40.4 Å². The zero-order valence-electron chi connectivity index (χ0n) is 15.3. The first-order valence-corrected chi connectivity index (χ1v) is 10.2. The molecule has 2 heteroatoms. The summed E-state index contributed by atoms with van der Waals surface area (Å²) in [5.74, 6) is 3.87. The van der Waals surface area contributed by atoms with Crippen LogP contribution in [0.25, 0.3) is 0 Å². The molecular formula is C21H36O2. The molecule has 23 heavy (non-hydrogen) atoms. The van der Waals surface area contributed by atoms with E-state index >= 15 is 0 Å². The molecule has 0 heterocycles. The van der Waals surface area contributed by atoms with E-state index in [1.54, 1.807) is 0 Å². The Morgan fingerprint density at radius 3 is 2.30 bits per heavy atom. The van der Waals surface area contributed by atoms with Crippen molar-refractivity contribution in [2.45, 2.75) is 90.8 Å². The predicted molar refractivity (Wildman–Crippen MR) is 92.9 cm³/mol. The Bertz CT molecular complexity index is 461. The van der Waals surface area contributed by atoms with Gasteiger partial charge in [-0.2, -0.15) is 0 Å². The van der Waals surface area contributed by atoms with E-state index in [0.29, 0.717) is 16.7 Å². The van der Waals surface area contributed by atoms with Crippen molar-refractivity contribution in [2.24, 2.45) is 40.4 Å².